The van der Waals surface area contributed by atoms with Crippen LogP contribution in [-0.2, 0) is 104 Å². The van der Waals surface area contributed by atoms with Crippen molar-refractivity contribution in [1.82, 2.24) is 0 Å². The van der Waals surface area contributed by atoms with E-state index in [0.717, 1.165) is 44.5 Å². The molecule has 586 valence electrons. The summed E-state index contributed by atoms with van der Waals surface area (Å²) >= 11 is 4.67. The van der Waals surface area contributed by atoms with Gasteiger partial charge < -0.3 is 109 Å². The first-order chi connectivity index (χ1) is 51.0. The molecule has 0 aliphatic rings. The van der Waals surface area contributed by atoms with Crippen LogP contribution in [-0.4, -0.2) is 296 Å². The molecule has 0 fully saturated rings. The third-order valence-corrected chi connectivity index (χ3v) is 16.9. The zero-order valence-electron chi connectivity index (χ0n) is 62.7. The lowest BCUT2D eigenvalue weighted by atomic mass is 9.95. The van der Waals surface area contributed by atoms with E-state index in [2.05, 4.69) is 160 Å². The highest BCUT2D eigenvalue weighted by atomic mass is 127. The first-order valence-electron chi connectivity index (χ1n) is 36.1. The Balaban J connectivity index is 1.42. The summed E-state index contributed by atoms with van der Waals surface area (Å²) in [6, 6.07) is 40.7. The lowest BCUT2D eigenvalue weighted by molar-refractivity contribution is -0.136. The van der Waals surface area contributed by atoms with Gasteiger partial charge in [-0.2, -0.15) is 0 Å². The zero-order chi connectivity index (χ0) is 74.1. The summed E-state index contributed by atoms with van der Waals surface area (Å²) < 4.78 is 138. The summed E-state index contributed by atoms with van der Waals surface area (Å²) in [5.41, 5.74) is 8.44. The minimum Gasteiger partial charge on any atom is -0.486 e. The fourth-order valence-corrected chi connectivity index (χ4v) is 10.4. The summed E-state index contributed by atoms with van der Waals surface area (Å²) in [7, 11) is 6.58. The van der Waals surface area contributed by atoms with Crippen LogP contribution >= 0.6 is 45.2 Å². The van der Waals surface area contributed by atoms with Crippen molar-refractivity contribution in [2.45, 2.75) is 70.4 Å². The number of methoxy groups -OCH3 is 4. The lowest BCUT2D eigenvalue weighted by Crippen LogP contribution is -2.39. The predicted molar refractivity (Wildman–Crippen MR) is 417 cm³/mol. The number of ether oxygens (including phenoxy) is 23. The van der Waals surface area contributed by atoms with Crippen molar-refractivity contribution >= 4 is 45.2 Å². The highest BCUT2D eigenvalue weighted by molar-refractivity contribution is 14.1. The second kappa shape index (κ2) is 60.3. The molecule has 0 bridgehead atoms. The van der Waals surface area contributed by atoms with Crippen LogP contribution in [0, 0.1) is 7.14 Å². The molecule has 25 heteroatoms. The van der Waals surface area contributed by atoms with Crippen LogP contribution < -0.4 is 4.74 Å². The monoisotopic (exact) mass is 1690 g/mol. The van der Waals surface area contributed by atoms with Gasteiger partial charge in [-0.25, -0.2) is 0 Å². The Morgan fingerprint density at radius 3 is 0.663 bits per heavy atom. The molecule has 0 saturated heterocycles. The smallest absolute Gasteiger partial charge is 0.145 e. The number of benzene rings is 5. The molecular formula is C79H118I2O23. The van der Waals surface area contributed by atoms with Gasteiger partial charge in [0, 0.05) is 35.6 Å². The first kappa shape index (κ1) is 91.1. The van der Waals surface area contributed by atoms with Gasteiger partial charge >= 0.3 is 0 Å². The molecule has 0 aliphatic carbocycles. The summed E-state index contributed by atoms with van der Waals surface area (Å²) in [4.78, 5) is 0. The topological polar surface area (TPSA) is 212 Å². The van der Waals surface area contributed by atoms with Crippen LogP contribution in [0.1, 0.15) is 27.7 Å². The molecule has 0 aliphatic heterocycles. The molecular weight excluding hydrogens is 1570 g/mol. The molecule has 0 spiro atoms. The molecule has 5 rings (SSSR count). The van der Waals surface area contributed by atoms with Crippen LogP contribution in [0.25, 0.3) is 44.5 Å². The maximum Gasteiger partial charge on any atom is 0.145 e. The second-order valence-electron chi connectivity index (χ2n) is 24.3. The van der Waals surface area contributed by atoms with Crippen molar-refractivity contribution < 1.29 is 109 Å². The van der Waals surface area contributed by atoms with Crippen molar-refractivity contribution in [3.63, 3.8) is 0 Å². The third kappa shape index (κ3) is 43.6. The first-order valence-corrected chi connectivity index (χ1v) is 38.2. The van der Waals surface area contributed by atoms with Crippen molar-refractivity contribution in [2.75, 3.05) is 253 Å². The largest absolute Gasteiger partial charge is 0.486 e. The Bertz CT molecular complexity index is 2560. The molecule has 0 radical (unpaired) electrons. The van der Waals surface area contributed by atoms with Crippen LogP contribution in [0.2, 0.25) is 0 Å². The van der Waals surface area contributed by atoms with E-state index in [1.54, 1.807) is 28.4 Å². The Kier molecular flexibility index (Phi) is 52.8. The molecule has 0 unspecified atom stereocenters. The van der Waals surface area contributed by atoms with Crippen molar-refractivity contribution in [3.8, 4) is 50.3 Å². The Morgan fingerprint density at radius 2 is 0.423 bits per heavy atom. The van der Waals surface area contributed by atoms with Crippen LogP contribution in [0.5, 0.6) is 5.75 Å². The van der Waals surface area contributed by atoms with Gasteiger partial charge in [0.25, 0.3) is 0 Å². The van der Waals surface area contributed by atoms with Gasteiger partial charge in [0.2, 0.25) is 0 Å². The molecule has 5 aromatic rings. The van der Waals surface area contributed by atoms with E-state index in [9.17, 15) is 0 Å². The van der Waals surface area contributed by atoms with E-state index in [4.69, 9.17) is 109 Å². The van der Waals surface area contributed by atoms with E-state index in [1.807, 2.05) is 27.7 Å². The minimum atomic E-state index is -0.704. The normalized spacial score (nSPS) is 13.0. The molecule has 0 N–H and O–H groups in total. The number of hydrogen-bond acceptors (Lipinski definition) is 23. The Morgan fingerprint density at radius 1 is 0.221 bits per heavy atom. The van der Waals surface area contributed by atoms with Gasteiger partial charge in [-0.3, -0.25) is 0 Å². The molecule has 4 atom stereocenters. The number of halogens is 2. The molecule has 0 saturated carbocycles. The minimum absolute atomic E-state index is 0.0623. The summed E-state index contributed by atoms with van der Waals surface area (Å²) in [6.45, 7) is 21.1. The Hall–Kier alpha value is -3.52. The van der Waals surface area contributed by atoms with E-state index in [0.29, 0.717) is 191 Å². The maximum atomic E-state index is 7.23. The molecule has 104 heavy (non-hydrogen) atoms. The number of rotatable bonds is 68. The average molecular weight is 1690 g/mol. The lowest BCUT2D eigenvalue weighted by Gasteiger charge is -2.28. The second-order valence-corrected chi connectivity index (χ2v) is 26.8. The number of hydrogen-bond donors (Lipinski definition) is 0. The molecule has 5 aromatic carbocycles. The van der Waals surface area contributed by atoms with Crippen LogP contribution in [0.15, 0.2) is 115 Å². The third-order valence-electron chi connectivity index (χ3n) is 15.4. The van der Waals surface area contributed by atoms with Crippen molar-refractivity contribution in [3.05, 3.63) is 122 Å². The van der Waals surface area contributed by atoms with E-state index < -0.39 is 18.3 Å². The van der Waals surface area contributed by atoms with Crippen molar-refractivity contribution in [1.29, 1.82) is 0 Å². The molecule has 0 heterocycles. The molecule has 0 aromatic heterocycles. The van der Waals surface area contributed by atoms with E-state index in [-0.39, 0.29) is 64.1 Å². The van der Waals surface area contributed by atoms with Gasteiger partial charge in [-0.05, 0) is 160 Å². The average Bonchev–Trinajstić information content (AvgIpc) is 0.808. The van der Waals surface area contributed by atoms with Gasteiger partial charge in [-0.1, -0.05) is 72.8 Å². The van der Waals surface area contributed by atoms with E-state index >= 15 is 0 Å². The van der Waals surface area contributed by atoms with Crippen LogP contribution in [0.3, 0.4) is 0 Å². The van der Waals surface area contributed by atoms with Crippen LogP contribution in [0.4, 0.5) is 0 Å². The quantitative estimate of drug-likeness (QED) is 0.0261. The van der Waals surface area contributed by atoms with Gasteiger partial charge in [0.1, 0.15) is 24.1 Å². The Labute approximate surface area is 646 Å². The molecule has 23 nitrogen and oxygen atoms in total. The maximum absolute atomic E-state index is 7.23. The predicted octanol–water partition coefficient (Wildman–Crippen LogP) is 11.5. The highest BCUT2D eigenvalue weighted by Crippen LogP contribution is 2.35. The van der Waals surface area contributed by atoms with E-state index in [1.165, 1.54) is 7.14 Å². The fourth-order valence-electron chi connectivity index (χ4n) is 9.68. The molecule has 0 amide bonds. The van der Waals surface area contributed by atoms with Gasteiger partial charge in [0.05, 0.1) is 249 Å². The summed E-state index contributed by atoms with van der Waals surface area (Å²) in [6.07, 6.45) is -3.04. The van der Waals surface area contributed by atoms with Gasteiger partial charge in [-0.15, -0.1) is 0 Å². The zero-order valence-corrected chi connectivity index (χ0v) is 67.0. The SMILES string of the molecule is COCCOCCOCCOC[C@H](C)OCC(CO[C@@H](C)COCCOCCOCCOC)OCC(COC(CO[C@@H](C)COCCOCCOCCOC)CO[C@@H](C)COCCOCCOCCOC)Oc1cc(-c2ccc(-c3ccc(I)cc3)cc2)cc(-c2ccc(-c3ccc(I)cc3)cc2)c1. The van der Waals surface area contributed by atoms with Crippen molar-refractivity contribution in [2.24, 2.45) is 0 Å². The standard InChI is InChI=1S/C79H118I2O23/c1-62(52-94-45-41-90-37-33-86-29-25-82-5)98-56-77(57-99-63(2)53-95-46-42-91-38-34-87-30-26-83-6)102-60-79(61-103-78(58-100-64(3)54-96-47-43-92-39-35-88-31-27-84-7)59-101-65(4)55-97-48-44-93-40-36-89-32-28-85-8)104-76-50-72(70-13-9-66(10-14-70)68-17-21-74(80)22-18-68)49-73(51-76)71-15-11-67(12-16-71)69-19-23-75(81)24-20-69/h9-24,49-51,62-65,77-79H,25-48,52-61H2,1-8H3/t62-,63-,64-,65-/m0/s1. The summed E-state index contributed by atoms with van der Waals surface area (Å²) in [5, 5.41) is 0. The van der Waals surface area contributed by atoms with Gasteiger partial charge in [0.15, 0.2) is 0 Å². The fraction of sp³-hybridized carbons (Fsp3) is 0.620. The summed E-state index contributed by atoms with van der Waals surface area (Å²) in [5.74, 6) is 0.606. The highest BCUT2D eigenvalue weighted by Gasteiger charge is 2.24.